The van der Waals surface area contributed by atoms with Gasteiger partial charge in [-0.25, -0.2) is 4.79 Å². The van der Waals surface area contributed by atoms with Crippen molar-refractivity contribution in [3.05, 3.63) is 40.8 Å². The summed E-state index contributed by atoms with van der Waals surface area (Å²) in [6, 6.07) is 2.11. The van der Waals surface area contributed by atoms with Crippen molar-refractivity contribution < 1.29 is 23.9 Å². The van der Waals surface area contributed by atoms with Gasteiger partial charge >= 0.3 is 5.97 Å². The fourth-order valence-electron chi connectivity index (χ4n) is 5.82. The number of allylic oxidation sites excluding steroid dienone is 1. The number of anilines is 1. The minimum Gasteiger partial charge on any atom is -0.466 e. The van der Waals surface area contributed by atoms with Crippen LogP contribution in [-0.4, -0.2) is 79.7 Å². The van der Waals surface area contributed by atoms with Crippen LogP contribution < -0.4 is 26.8 Å². The molecule has 12 nitrogen and oxygen atoms in total. The van der Waals surface area contributed by atoms with E-state index in [1.165, 1.54) is 42.9 Å². The van der Waals surface area contributed by atoms with Crippen LogP contribution in [0.2, 0.25) is 0 Å². The number of carbonyl (C=O) groups is 4. The molecule has 0 radical (unpaired) electrons. The lowest BCUT2D eigenvalue weighted by Crippen LogP contribution is -2.57. The van der Waals surface area contributed by atoms with Crippen LogP contribution in [0.25, 0.3) is 0 Å². The van der Waals surface area contributed by atoms with Crippen molar-refractivity contribution in [1.82, 2.24) is 25.4 Å². The molecular formula is C30H46N6O6. The van der Waals surface area contributed by atoms with E-state index in [-0.39, 0.29) is 42.6 Å². The van der Waals surface area contributed by atoms with Gasteiger partial charge in [0.1, 0.15) is 18.3 Å². The summed E-state index contributed by atoms with van der Waals surface area (Å²) in [5.41, 5.74) is -0.512. The molecule has 2 aliphatic rings. The largest absolute Gasteiger partial charge is 0.466 e. The summed E-state index contributed by atoms with van der Waals surface area (Å²) in [5.74, 6) is -0.893. The normalized spacial score (nSPS) is 21.8. The van der Waals surface area contributed by atoms with Crippen molar-refractivity contribution in [3.8, 4) is 0 Å². The molecule has 2 bridgehead atoms. The minimum absolute atomic E-state index is 0.00721. The Balaban J connectivity index is 1.66. The number of methoxy groups -OCH3 is 1. The average Bonchev–Trinajstić information content (AvgIpc) is 2.97. The number of rotatable bonds is 14. The van der Waals surface area contributed by atoms with Gasteiger partial charge in [0.15, 0.2) is 0 Å². The first-order chi connectivity index (χ1) is 20.1. The van der Waals surface area contributed by atoms with Crippen molar-refractivity contribution in [2.75, 3.05) is 39.6 Å². The molecule has 1 aliphatic heterocycles. The maximum Gasteiger partial charge on any atom is 0.330 e. The number of nitrogens with one attached hydrogen (secondary N) is 4. The number of likely N-dealkylation sites (tertiary alicyclic amines) is 1. The van der Waals surface area contributed by atoms with E-state index in [2.05, 4.69) is 30.9 Å². The molecule has 1 aromatic rings. The van der Waals surface area contributed by atoms with Crippen LogP contribution in [0.1, 0.15) is 51.9 Å². The fraction of sp³-hybridized carbons (Fsp3) is 0.633. The Morgan fingerprint density at radius 3 is 2.69 bits per heavy atom. The maximum atomic E-state index is 13.3. The molecule has 4 unspecified atom stereocenters. The number of carbonyl (C=O) groups excluding carboxylic acids is 4. The molecule has 1 aromatic heterocycles. The molecule has 0 spiro atoms. The van der Waals surface area contributed by atoms with Crippen LogP contribution in [0.5, 0.6) is 0 Å². The molecule has 4 N–H and O–H groups in total. The molecule has 12 heteroatoms. The Hall–Kier alpha value is -3.51. The Bertz CT molecular complexity index is 1180. The number of amides is 3. The fourth-order valence-corrected chi connectivity index (χ4v) is 5.82. The molecule has 1 saturated carbocycles. The Kier molecular flexibility index (Phi) is 12.7. The Morgan fingerprint density at radius 2 is 1.95 bits per heavy atom. The second-order valence-corrected chi connectivity index (χ2v) is 11.4. The van der Waals surface area contributed by atoms with E-state index in [0.717, 1.165) is 19.4 Å². The molecule has 0 aromatic carbocycles. The molecular weight excluding hydrogens is 540 g/mol. The third kappa shape index (κ3) is 9.52. The van der Waals surface area contributed by atoms with Crippen LogP contribution in [0.15, 0.2) is 35.3 Å². The lowest BCUT2D eigenvalue weighted by atomic mass is 9.76. The second-order valence-electron chi connectivity index (χ2n) is 11.4. The van der Waals surface area contributed by atoms with Crippen LogP contribution in [-0.2, 0) is 30.5 Å². The Morgan fingerprint density at radius 1 is 1.17 bits per heavy atom. The topological polar surface area (TPSA) is 151 Å². The zero-order chi connectivity index (χ0) is 30.6. The highest BCUT2D eigenvalue weighted by Gasteiger charge is 2.37. The highest BCUT2D eigenvalue weighted by Crippen LogP contribution is 2.36. The second kappa shape index (κ2) is 16.2. The number of piperidine rings is 1. The highest BCUT2D eigenvalue weighted by atomic mass is 16.5. The zero-order valence-corrected chi connectivity index (χ0v) is 25.2. The molecule has 42 heavy (non-hydrogen) atoms. The average molecular weight is 587 g/mol. The number of hydrogen-bond donors (Lipinski definition) is 4. The van der Waals surface area contributed by atoms with Crippen molar-refractivity contribution in [2.24, 2.45) is 17.8 Å². The van der Waals surface area contributed by atoms with Gasteiger partial charge in [0.25, 0.3) is 5.56 Å². The van der Waals surface area contributed by atoms with E-state index in [1.807, 2.05) is 7.05 Å². The first kappa shape index (κ1) is 33.0. The van der Waals surface area contributed by atoms with Gasteiger partial charge in [0.05, 0.1) is 13.3 Å². The van der Waals surface area contributed by atoms with Gasteiger partial charge in [-0.2, -0.15) is 0 Å². The summed E-state index contributed by atoms with van der Waals surface area (Å²) in [6.45, 7) is 3.19. The van der Waals surface area contributed by atoms with E-state index in [4.69, 9.17) is 0 Å². The van der Waals surface area contributed by atoms with Crippen molar-refractivity contribution >= 4 is 29.4 Å². The number of hydrogen-bond acceptors (Lipinski definition) is 8. The van der Waals surface area contributed by atoms with Gasteiger partial charge in [-0.3, -0.25) is 24.1 Å². The highest BCUT2D eigenvalue weighted by molar-refractivity contribution is 5.97. The molecule has 232 valence electrons. The predicted octanol–water partition coefficient (Wildman–Crippen LogP) is 1.22. The molecule has 1 saturated heterocycles. The van der Waals surface area contributed by atoms with Crippen LogP contribution >= 0.6 is 0 Å². The monoisotopic (exact) mass is 586 g/mol. The van der Waals surface area contributed by atoms with Gasteiger partial charge in [-0.05, 0) is 83.1 Å². The lowest BCUT2D eigenvalue weighted by molar-refractivity contribution is -0.135. The SMILES string of the molecule is CNCCC(C)C(=O)N[C@@H](CC/C=C/C(=O)OC)C(=O)Nc1cccn(CC(=O)NC2C3CCCC(C3)CN2C)c1=O. The molecule has 3 amide bonds. The van der Waals surface area contributed by atoms with Crippen LogP contribution in [0.3, 0.4) is 0 Å². The minimum atomic E-state index is -0.950. The number of esters is 1. The van der Waals surface area contributed by atoms with Crippen molar-refractivity contribution in [1.29, 1.82) is 0 Å². The van der Waals surface area contributed by atoms with Gasteiger partial charge in [-0.15, -0.1) is 0 Å². The quantitative estimate of drug-likeness (QED) is 0.188. The van der Waals surface area contributed by atoms with Crippen LogP contribution in [0.4, 0.5) is 5.69 Å². The first-order valence-electron chi connectivity index (χ1n) is 14.8. The molecule has 3 rings (SSSR count). The molecule has 2 heterocycles. The molecule has 5 atom stereocenters. The van der Waals surface area contributed by atoms with E-state index in [0.29, 0.717) is 31.2 Å². The standard InChI is InChI=1S/C30H46N6O6/c1-20(14-15-31-2)28(39)32-23(11-5-6-13-26(38)42-4)29(40)33-24-12-8-16-36(30(24)41)19-25(37)34-27-22-10-7-9-21(17-22)18-35(27)3/h6,8,12-13,16,20-23,27,31H,5,7,9-11,14-15,17-19H2,1-4H3,(H,32,39)(H,33,40)(H,34,37)/b13-6+/t20?,21?,22?,23-,27?/m0/s1. The van der Waals surface area contributed by atoms with E-state index >= 15 is 0 Å². The summed E-state index contributed by atoms with van der Waals surface area (Å²) in [7, 11) is 5.09. The summed E-state index contributed by atoms with van der Waals surface area (Å²) in [5, 5.41) is 11.5. The summed E-state index contributed by atoms with van der Waals surface area (Å²) in [4.78, 5) is 65.8. The van der Waals surface area contributed by atoms with Gasteiger partial charge in [-0.1, -0.05) is 19.4 Å². The zero-order valence-electron chi connectivity index (χ0n) is 25.2. The number of aromatic nitrogens is 1. The Labute approximate surface area is 247 Å². The lowest BCUT2D eigenvalue weighted by Gasteiger charge is -2.46. The summed E-state index contributed by atoms with van der Waals surface area (Å²) < 4.78 is 5.85. The molecule has 2 fully saturated rings. The first-order valence-corrected chi connectivity index (χ1v) is 14.8. The predicted molar refractivity (Wildman–Crippen MR) is 159 cm³/mol. The summed E-state index contributed by atoms with van der Waals surface area (Å²) in [6.07, 6.45) is 9.98. The number of ether oxygens (including phenoxy) is 1. The number of fused-ring (bicyclic) bond motifs is 2. The third-order valence-corrected chi connectivity index (χ3v) is 8.18. The maximum absolute atomic E-state index is 13.3. The van der Waals surface area contributed by atoms with Crippen molar-refractivity contribution in [2.45, 2.75) is 70.6 Å². The summed E-state index contributed by atoms with van der Waals surface area (Å²) >= 11 is 0. The van der Waals surface area contributed by atoms with Crippen LogP contribution in [0, 0.1) is 17.8 Å². The van der Waals surface area contributed by atoms with Gasteiger partial charge in [0.2, 0.25) is 17.7 Å². The molecule has 1 aliphatic carbocycles. The van der Waals surface area contributed by atoms with Crippen molar-refractivity contribution in [3.63, 3.8) is 0 Å². The van der Waals surface area contributed by atoms with E-state index in [9.17, 15) is 24.0 Å². The van der Waals surface area contributed by atoms with Gasteiger partial charge < -0.3 is 30.6 Å². The van der Waals surface area contributed by atoms with Gasteiger partial charge in [0, 0.05) is 24.7 Å². The smallest absolute Gasteiger partial charge is 0.330 e. The third-order valence-electron chi connectivity index (χ3n) is 8.18. The number of pyridine rings is 1. The van der Waals surface area contributed by atoms with E-state index < -0.39 is 23.5 Å². The van der Waals surface area contributed by atoms with E-state index in [1.54, 1.807) is 26.1 Å². The number of nitrogens with zero attached hydrogens (tertiary/aromatic N) is 2.